The first-order chi connectivity index (χ1) is 12.1. The molecule has 0 spiro atoms. The summed E-state index contributed by atoms with van der Waals surface area (Å²) in [7, 11) is 0. The third kappa shape index (κ3) is 4.33. The van der Waals surface area contributed by atoms with E-state index in [0.29, 0.717) is 5.92 Å². The zero-order valence-corrected chi connectivity index (χ0v) is 16.0. The van der Waals surface area contributed by atoms with Crippen molar-refractivity contribution in [3.05, 3.63) is 58.6 Å². The second-order valence-corrected chi connectivity index (χ2v) is 7.79. The number of carbonyl (C=O) groups is 1. The van der Waals surface area contributed by atoms with Gasteiger partial charge in [0.25, 0.3) is 0 Å². The SMILES string of the molecule is CCCC1CCC(c2ccc(-c3ccc(C(C)=O)cc3)c(Cl)c2)CC1. The Labute approximate surface area is 156 Å². The van der Waals surface area contributed by atoms with Crippen molar-refractivity contribution in [3.8, 4) is 11.1 Å². The molecule has 1 fully saturated rings. The number of hydrogen-bond acceptors (Lipinski definition) is 1. The minimum atomic E-state index is 0.0895. The molecule has 0 atom stereocenters. The minimum Gasteiger partial charge on any atom is -0.295 e. The van der Waals surface area contributed by atoms with Crippen molar-refractivity contribution in [2.24, 2.45) is 5.92 Å². The van der Waals surface area contributed by atoms with Crippen molar-refractivity contribution in [1.82, 2.24) is 0 Å². The van der Waals surface area contributed by atoms with Gasteiger partial charge in [-0.25, -0.2) is 0 Å². The lowest BCUT2D eigenvalue weighted by atomic mass is 9.77. The molecule has 25 heavy (non-hydrogen) atoms. The summed E-state index contributed by atoms with van der Waals surface area (Å²) in [6.45, 7) is 3.87. The van der Waals surface area contributed by atoms with Crippen LogP contribution in [0.2, 0.25) is 5.02 Å². The van der Waals surface area contributed by atoms with Crippen LogP contribution in [0.3, 0.4) is 0 Å². The highest BCUT2D eigenvalue weighted by Gasteiger charge is 2.22. The maximum absolute atomic E-state index is 11.4. The third-order valence-corrected chi connectivity index (χ3v) is 5.92. The zero-order chi connectivity index (χ0) is 17.8. The number of Topliss-reactive ketones (excluding diaryl/α,β-unsaturated/α-hetero) is 1. The van der Waals surface area contributed by atoms with Crippen LogP contribution in [0.25, 0.3) is 11.1 Å². The Morgan fingerprint density at radius 2 is 1.72 bits per heavy atom. The first-order valence-corrected chi connectivity index (χ1v) is 9.87. The van der Waals surface area contributed by atoms with Crippen LogP contribution in [0.4, 0.5) is 0 Å². The summed E-state index contributed by atoms with van der Waals surface area (Å²) < 4.78 is 0. The lowest BCUT2D eigenvalue weighted by molar-refractivity contribution is 0.101. The van der Waals surface area contributed by atoms with Crippen molar-refractivity contribution in [2.75, 3.05) is 0 Å². The number of rotatable bonds is 5. The fraction of sp³-hybridized carbons (Fsp3) is 0.435. The van der Waals surface area contributed by atoms with E-state index in [1.54, 1.807) is 6.92 Å². The molecule has 0 aliphatic heterocycles. The van der Waals surface area contributed by atoms with E-state index < -0.39 is 0 Å². The number of ketones is 1. The molecular formula is C23H27ClO. The molecule has 132 valence electrons. The topological polar surface area (TPSA) is 17.1 Å². The van der Waals surface area contributed by atoms with Crippen LogP contribution in [0.15, 0.2) is 42.5 Å². The molecule has 3 rings (SSSR count). The maximum Gasteiger partial charge on any atom is 0.159 e. The van der Waals surface area contributed by atoms with Gasteiger partial charge in [0.15, 0.2) is 5.78 Å². The summed E-state index contributed by atoms with van der Waals surface area (Å²) in [4.78, 5) is 11.4. The van der Waals surface area contributed by atoms with E-state index in [4.69, 9.17) is 11.6 Å². The Morgan fingerprint density at radius 3 is 2.28 bits per heavy atom. The molecule has 0 saturated heterocycles. The third-order valence-electron chi connectivity index (χ3n) is 5.61. The largest absolute Gasteiger partial charge is 0.295 e. The van der Waals surface area contributed by atoms with Gasteiger partial charge in [0.2, 0.25) is 0 Å². The quantitative estimate of drug-likeness (QED) is 0.515. The lowest BCUT2D eigenvalue weighted by Crippen LogP contribution is -2.13. The van der Waals surface area contributed by atoms with E-state index in [1.807, 2.05) is 24.3 Å². The molecule has 0 aromatic heterocycles. The van der Waals surface area contributed by atoms with E-state index in [-0.39, 0.29) is 5.78 Å². The second-order valence-electron chi connectivity index (χ2n) is 7.38. The van der Waals surface area contributed by atoms with Gasteiger partial charge in [0.05, 0.1) is 0 Å². The Hall–Kier alpha value is -1.60. The first-order valence-electron chi connectivity index (χ1n) is 9.49. The van der Waals surface area contributed by atoms with Gasteiger partial charge in [-0.1, -0.05) is 67.8 Å². The molecule has 2 aromatic carbocycles. The molecule has 1 nitrogen and oxygen atoms in total. The van der Waals surface area contributed by atoms with Crippen molar-refractivity contribution in [1.29, 1.82) is 0 Å². The average molecular weight is 355 g/mol. The Morgan fingerprint density at radius 1 is 1.04 bits per heavy atom. The molecule has 1 aliphatic carbocycles. The highest BCUT2D eigenvalue weighted by molar-refractivity contribution is 6.33. The van der Waals surface area contributed by atoms with Crippen LogP contribution in [0.5, 0.6) is 0 Å². The summed E-state index contributed by atoms with van der Waals surface area (Å²) in [5.41, 5.74) is 4.22. The molecule has 0 radical (unpaired) electrons. The van der Waals surface area contributed by atoms with E-state index in [9.17, 15) is 4.79 Å². The van der Waals surface area contributed by atoms with Gasteiger partial charge < -0.3 is 0 Å². The van der Waals surface area contributed by atoms with Gasteiger partial charge in [0, 0.05) is 16.1 Å². The molecular weight excluding hydrogens is 328 g/mol. The molecule has 0 amide bonds. The number of hydrogen-bond donors (Lipinski definition) is 0. The van der Waals surface area contributed by atoms with Gasteiger partial charge in [-0.15, -0.1) is 0 Å². The first kappa shape index (κ1) is 18.2. The monoisotopic (exact) mass is 354 g/mol. The summed E-state index contributed by atoms with van der Waals surface area (Å²) in [6, 6.07) is 14.2. The number of benzene rings is 2. The average Bonchev–Trinajstić information content (AvgIpc) is 2.63. The molecule has 0 unspecified atom stereocenters. The smallest absolute Gasteiger partial charge is 0.159 e. The summed E-state index contributed by atoms with van der Waals surface area (Å²) in [5.74, 6) is 1.67. The highest BCUT2D eigenvalue weighted by Crippen LogP contribution is 2.39. The van der Waals surface area contributed by atoms with Crippen molar-refractivity contribution in [3.63, 3.8) is 0 Å². The van der Waals surface area contributed by atoms with Crippen LogP contribution < -0.4 is 0 Å². The maximum atomic E-state index is 11.4. The van der Waals surface area contributed by atoms with Crippen molar-refractivity contribution < 1.29 is 4.79 Å². The molecule has 2 heteroatoms. The van der Waals surface area contributed by atoms with Crippen LogP contribution in [0.1, 0.15) is 74.2 Å². The van der Waals surface area contributed by atoms with Crippen molar-refractivity contribution >= 4 is 17.4 Å². The minimum absolute atomic E-state index is 0.0895. The van der Waals surface area contributed by atoms with Crippen LogP contribution in [0, 0.1) is 5.92 Å². The molecule has 1 saturated carbocycles. The van der Waals surface area contributed by atoms with Gasteiger partial charge in [-0.3, -0.25) is 4.79 Å². The van der Waals surface area contributed by atoms with Crippen molar-refractivity contribution in [2.45, 2.75) is 58.3 Å². The summed E-state index contributed by atoms with van der Waals surface area (Å²) >= 11 is 6.60. The molecule has 0 heterocycles. The predicted octanol–water partition coefficient (Wildman–Crippen LogP) is 7.28. The molecule has 1 aliphatic rings. The van der Waals surface area contributed by atoms with Crippen LogP contribution in [-0.2, 0) is 0 Å². The second kappa shape index (κ2) is 8.19. The standard InChI is InChI=1S/C23H27ClO/c1-3-4-17-5-7-19(8-6-17)21-13-14-22(23(24)15-21)20-11-9-18(10-12-20)16(2)25/h9-15,17,19H,3-8H2,1-2H3. The van der Waals surface area contributed by atoms with Crippen LogP contribution in [-0.4, -0.2) is 5.78 Å². The predicted molar refractivity (Wildman–Crippen MR) is 106 cm³/mol. The number of carbonyl (C=O) groups excluding carboxylic acids is 1. The molecule has 0 N–H and O–H groups in total. The fourth-order valence-electron chi connectivity index (χ4n) is 4.10. The summed E-state index contributed by atoms with van der Waals surface area (Å²) in [6.07, 6.45) is 7.96. The lowest BCUT2D eigenvalue weighted by Gasteiger charge is -2.29. The van der Waals surface area contributed by atoms with Gasteiger partial charge >= 0.3 is 0 Å². The van der Waals surface area contributed by atoms with Gasteiger partial charge in [-0.2, -0.15) is 0 Å². The molecule has 2 aromatic rings. The van der Waals surface area contributed by atoms with E-state index >= 15 is 0 Å². The van der Waals surface area contributed by atoms with E-state index in [0.717, 1.165) is 27.6 Å². The Kier molecular flexibility index (Phi) is 5.96. The Bertz CT molecular complexity index is 724. The zero-order valence-electron chi connectivity index (χ0n) is 15.2. The summed E-state index contributed by atoms with van der Waals surface area (Å²) in [5, 5.41) is 0.809. The van der Waals surface area contributed by atoms with E-state index in [2.05, 4.69) is 25.1 Å². The normalized spacial score (nSPS) is 20.4. The highest BCUT2D eigenvalue weighted by atomic mass is 35.5. The van der Waals surface area contributed by atoms with Gasteiger partial charge in [0.1, 0.15) is 0 Å². The molecule has 0 bridgehead atoms. The van der Waals surface area contributed by atoms with Crippen LogP contribution >= 0.6 is 11.6 Å². The fourth-order valence-corrected chi connectivity index (χ4v) is 4.39. The number of halogens is 1. The van der Waals surface area contributed by atoms with E-state index in [1.165, 1.54) is 44.1 Å². The Balaban J connectivity index is 1.74. The van der Waals surface area contributed by atoms with Gasteiger partial charge in [-0.05, 0) is 61.6 Å².